The van der Waals surface area contributed by atoms with Crippen LogP contribution in [-0.4, -0.2) is 18.6 Å². The summed E-state index contributed by atoms with van der Waals surface area (Å²) < 4.78 is 11.3. The number of nitrogens with one attached hydrogen (secondary N) is 1. The number of hydrogen-bond donors (Lipinski definition) is 1. The average molecular weight is 327 g/mol. The molecule has 0 saturated carbocycles. The minimum absolute atomic E-state index is 0.161. The van der Waals surface area contributed by atoms with E-state index in [0.717, 1.165) is 12.2 Å². The van der Waals surface area contributed by atoms with E-state index in [1.54, 1.807) is 0 Å². The van der Waals surface area contributed by atoms with Crippen molar-refractivity contribution in [3.63, 3.8) is 0 Å². The molecule has 4 heteroatoms. The minimum atomic E-state index is -0.534. The van der Waals surface area contributed by atoms with Crippen molar-refractivity contribution in [3.05, 3.63) is 54.1 Å². The largest absolute Gasteiger partial charge is 0.494 e. The predicted molar refractivity (Wildman–Crippen MR) is 96.8 cm³/mol. The highest BCUT2D eigenvalue weighted by Gasteiger charge is 2.18. The lowest BCUT2D eigenvalue weighted by molar-refractivity contribution is -0.122. The molecule has 2 rings (SSSR count). The van der Waals surface area contributed by atoms with Crippen LogP contribution >= 0.6 is 0 Å². The van der Waals surface area contributed by atoms with Crippen molar-refractivity contribution in [2.24, 2.45) is 0 Å². The number of ether oxygens (including phenoxy) is 2. The van der Waals surface area contributed by atoms with Crippen LogP contribution in [0.4, 0.5) is 5.69 Å². The molecule has 0 bridgehead atoms. The molecule has 2 aromatic rings. The Bertz CT molecular complexity index is 652. The summed E-state index contributed by atoms with van der Waals surface area (Å²) in [7, 11) is 0. The summed E-state index contributed by atoms with van der Waals surface area (Å²) in [5.74, 6) is 1.28. The fourth-order valence-electron chi connectivity index (χ4n) is 2.34. The molecule has 1 amide bonds. The number of anilines is 1. The normalized spacial score (nSPS) is 11.6. The summed E-state index contributed by atoms with van der Waals surface area (Å²) in [5.41, 5.74) is 1.95. The zero-order chi connectivity index (χ0) is 17.4. The van der Waals surface area contributed by atoms with E-state index in [2.05, 4.69) is 12.2 Å². The number of rotatable bonds is 8. The van der Waals surface area contributed by atoms with Crippen LogP contribution in [-0.2, 0) is 11.2 Å². The van der Waals surface area contributed by atoms with Crippen LogP contribution in [0.2, 0.25) is 0 Å². The topological polar surface area (TPSA) is 47.6 Å². The Labute approximate surface area is 143 Å². The minimum Gasteiger partial charge on any atom is -0.494 e. The highest BCUT2D eigenvalue weighted by molar-refractivity contribution is 5.94. The van der Waals surface area contributed by atoms with Crippen LogP contribution < -0.4 is 14.8 Å². The lowest BCUT2D eigenvalue weighted by Gasteiger charge is -2.18. The van der Waals surface area contributed by atoms with Gasteiger partial charge in [-0.3, -0.25) is 4.79 Å². The number of hydrogen-bond acceptors (Lipinski definition) is 3. The number of carbonyl (C=O) groups excluding carboxylic acids is 1. The van der Waals surface area contributed by atoms with E-state index in [-0.39, 0.29) is 5.91 Å². The number of benzene rings is 2. The van der Waals surface area contributed by atoms with Gasteiger partial charge in [0.25, 0.3) is 5.91 Å². The Balaban J connectivity index is 2.01. The van der Waals surface area contributed by atoms with Gasteiger partial charge < -0.3 is 14.8 Å². The zero-order valence-corrected chi connectivity index (χ0v) is 14.5. The third-order valence-corrected chi connectivity index (χ3v) is 3.69. The Hall–Kier alpha value is -2.49. The second-order valence-corrected chi connectivity index (χ2v) is 5.46. The van der Waals surface area contributed by atoms with Crippen molar-refractivity contribution >= 4 is 11.6 Å². The van der Waals surface area contributed by atoms with Crippen molar-refractivity contribution in [3.8, 4) is 11.5 Å². The van der Waals surface area contributed by atoms with Crippen LogP contribution in [0.1, 0.15) is 32.8 Å². The van der Waals surface area contributed by atoms with Gasteiger partial charge in [0.2, 0.25) is 0 Å². The van der Waals surface area contributed by atoms with Gasteiger partial charge in [0, 0.05) is 11.8 Å². The molecule has 0 fully saturated rings. The third kappa shape index (κ3) is 5.01. The second-order valence-electron chi connectivity index (χ2n) is 5.46. The van der Waals surface area contributed by atoms with Gasteiger partial charge in [-0.15, -0.1) is 0 Å². The maximum Gasteiger partial charge on any atom is 0.265 e. The van der Waals surface area contributed by atoms with Gasteiger partial charge in [-0.1, -0.05) is 32.0 Å². The van der Waals surface area contributed by atoms with E-state index in [1.165, 1.54) is 5.56 Å². The summed E-state index contributed by atoms with van der Waals surface area (Å²) >= 11 is 0. The van der Waals surface area contributed by atoms with E-state index in [9.17, 15) is 4.79 Å². The molecule has 0 aromatic heterocycles. The fourth-order valence-corrected chi connectivity index (χ4v) is 2.34. The SMILES string of the molecule is CCOc1cccc(NC(=O)C(CC)Oc2ccc(CC)cc2)c1. The lowest BCUT2D eigenvalue weighted by Crippen LogP contribution is -2.32. The van der Waals surface area contributed by atoms with E-state index < -0.39 is 6.10 Å². The van der Waals surface area contributed by atoms with Gasteiger partial charge in [-0.25, -0.2) is 0 Å². The number of amides is 1. The highest BCUT2D eigenvalue weighted by atomic mass is 16.5. The molecule has 1 unspecified atom stereocenters. The lowest BCUT2D eigenvalue weighted by atomic mass is 10.1. The molecular weight excluding hydrogens is 302 g/mol. The first-order valence-corrected chi connectivity index (χ1v) is 8.45. The molecule has 0 spiro atoms. The van der Waals surface area contributed by atoms with E-state index >= 15 is 0 Å². The molecule has 0 aliphatic carbocycles. The molecule has 0 radical (unpaired) electrons. The Kier molecular flexibility index (Phi) is 6.67. The molecule has 1 atom stereocenters. The van der Waals surface area contributed by atoms with Gasteiger partial charge in [0.1, 0.15) is 11.5 Å². The van der Waals surface area contributed by atoms with Crippen LogP contribution in [0.3, 0.4) is 0 Å². The quantitative estimate of drug-likeness (QED) is 0.779. The monoisotopic (exact) mass is 327 g/mol. The predicted octanol–water partition coefficient (Wildman–Crippen LogP) is 4.44. The molecule has 24 heavy (non-hydrogen) atoms. The van der Waals surface area contributed by atoms with Crippen LogP contribution in [0.5, 0.6) is 11.5 Å². The summed E-state index contributed by atoms with van der Waals surface area (Å²) in [5, 5.41) is 2.89. The highest BCUT2D eigenvalue weighted by Crippen LogP contribution is 2.19. The van der Waals surface area contributed by atoms with E-state index in [0.29, 0.717) is 24.5 Å². The Morgan fingerprint density at radius 3 is 2.42 bits per heavy atom. The average Bonchev–Trinajstić information content (AvgIpc) is 2.60. The molecule has 0 aliphatic heterocycles. The molecule has 1 N–H and O–H groups in total. The van der Waals surface area contributed by atoms with Gasteiger partial charge in [0.15, 0.2) is 6.10 Å². The van der Waals surface area contributed by atoms with E-state index in [4.69, 9.17) is 9.47 Å². The smallest absolute Gasteiger partial charge is 0.265 e. The van der Waals surface area contributed by atoms with Crippen LogP contribution in [0.25, 0.3) is 0 Å². The maximum atomic E-state index is 12.5. The van der Waals surface area contributed by atoms with E-state index in [1.807, 2.05) is 62.4 Å². The first-order valence-electron chi connectivity index (χ1n) is 8.45. The van der Waals surface area contributed by atoms with Crippen LogP contribution in [0.15, 0.2) is 48.5 Å². The third-order valence-electron chi connectivity index (χ3n) is 3.69. The van der Waals surface area contributed by atoms with Crippen LogP contribution in [0, 0.1) is 0 Å². The number of carbonyl (C=O) groups is 1. The summed E-state index contributed by atoms with van der Waals surface area (Å²) in [6.45, 7) is 6.55. The van der Waals surface area contributed by atoms with Crippen molar-refractivity contribution in [2.75, 3.05) is 11.9 Å². The summed E-state index contributed by atoms with van der Waals surface area (Å²) in [6, 6.07) is 15.2. The van der Waals surface area contributed by atoms with Crippen molar-refractivity contribution < 1.29 is 14.3 Å². The fraction of sp³-hybridized carbons (Fsp3) is 0.350. The molecular formula is C20H25NO3. The summed E-state index contributed by atoms with van der Waals surface area (Å²) in [6.07, 6.45) is 1.04. The Morgan fingerprint density at radius 1 is 1.04 bits per heavy atom. The molecule has 2 aromatic carbocycles. The van der Waals surface area contributed by atoms with Crippen molar-refractivity contribution in [2.45, 2.75) is 39.7 Å². The summed E-state index contributed by atoms with van der Waals surface area (Å²) in [4.78, 5) is 12.5. The first kappa shape index (κ1) is 17.9. The molecule has 0 heterocycles. The molecule has 0 saturated heterocycles. The zero-order valence-electron chi connectivity index (χ0n) is 14.5. The molecule has 0 aliphatic rings. The van der Waals surface area contributed by atoms with Gasteiger partial charge >= 0.3 is 0 Å². The standard InChI is InChI=1S/C20H25NO3/c1-4-15-10-12-17(13-11-15)24-19(5-2)20(22)21-16-8-7-9-18(14-16)23-6-3/h7-14,19H,4-6H2,1-3H3,(H,21,22). The van der Waals surface area contributed by atoms with Crippen molar-refractivity contribution in [1.82, 2.24) is 0 Å². The number of aryl methyl sites for hydroxylation is 1. The Morgan fingerprint density at radius 2 is 1.79 bits per heavy atom. The molecule has 128 valence electrons. The van der Waals surface area contributed by atoms with Crippen molar-refractivity contribution in [1.29, 1.82) is 0 Å². The molecule has 4 nitrogen and oxygen atoms in total. The second kappa shape index (κ2) is 8.96. The van der Waals surface area contributed by atoms with Gasteiger partial charge in [0.05, 0.1) is 6.61 Å². The maximum absolute atomic E-state index is 12.5. The van der Waals surface area contributed by atoms with Gasteiger partial charge in [-0.2, -0.15) is 0 Å². The van der Waals surface area contributed by atoms with Gasteiger partial charge in [-0.05, 0) is 49.6 Å². The first-order chi connectivity index (χ1) is 11.7.